The first-order chi connectivity index (χ1) is 11.1. The number of quaternary nitrogens is 1. The number of unbranched alkanes of at least 4 members (excludes halogenated alkanes) is 10. The summed E-state index contributed by atoms with van der Waals surface area (Å²) in [6.45, 7) is 7.33. The predicted molar refractivity (Wildman–Crippen MR) is 100 cm³/mol. The van der Waals surface area contributed by atoms with Gasteiger partial charge in [-0.15, -0.1) is 0 Å². The van der Waals surface area contributed by atoms with Crippen LogP contribution in [0.3, 0.4) is 0 Å². The van der Waals surface area contributed by atoms with Crippen molar-refractivity contribution in [1.29, 1.82) is 0 Å². The Kier molecular flexibility index (Phi) is 17.7. The fourth-order valence-corrected chi connectivity index (χ4v) is 2.75. The lowest BCUT2D eigenvalue weighted by Crippen LogP contribution is -2.41. The Bertz CT molecular complexity index is 354. The van der Waals surface area contributed by atoms with Crippen molar-refractivity contribution in [2.24, 2.45) is 0 Å². The molecule has 6 heteroatoms. The highest BCUT2D eigenvalue weighted by Gasteiger charge is 2.13. The Morgan fingerprint density at radius 2 is 0.917 bits per heavy atom. The van der Waals surface area contributed by atoms with Gasteiger partial charge in [0.2, 0.25) is 0 Å². The van der Waals surface area contributed by atoms with Crippen LogP contribution in [0.2, 0.25) is 0 Å². The summed E-state index contributed by atoms with van der Waals surface area (Å²) >= 11 is 0. The molecule has 5 nitrogen and oxygen atoms in total. The van der Waals surface area contributed by atoms with Gasteiger partial charge in [0, 0.05) is 10.4 Å². The van der Waals surface area contributed by atoms with Crippen molar-refractivity contribution in [1.82, 2.24) is 0 Å². The van der Waals surface area contributed by atoms with Crippen LogP contribution in [0.25, 0.3) is 0 Å². The summed E-state index contributed by atoms with van der Waals surface area (Å²) in [4.78, 5) is 0. The molecule has 24 heavy (non-hydrogen) atoms. The van der Waals surface area contributed by atoms with E-state index in [1.54, 1.807) is 0 Å². The molecule has 0 aromatic rings. The quantitative estimate of drug-likeness (QED) is 0.195. The van der Waals surface area contributed by atoms with Gasteiger partial charge < -0.3 is 13.6 Å². The number of hydrogen-bond donors (Lipinski definition) is 0. The lowest BCUT2D eigenvalue weighted by atomic mass is 10.1. The first-order valence-corrected chi connectivity index (χ1v) is 10.9. The second kappa shape index (κ2) is 16.3. The van der Waals surface area contributed by atoms with Crippen LogP contribution in [0.4, 0.5) is 0 Å². The van der Waals surface area contributed by atoms with Crippen molar-refractivity contribution in [2.75, 3.05) is 27.2 Å². The average molecular weight is 368 g/mol. The van der Waals surface area contributed by atoms with Crippen LogP contribution >= 0.6 is 0 Å². The van der Waals surface area contributed by atoms with Gasteiger partial charge in [-0.25, -0.2) is 0 Å². The fourth-order valence-electron chi connectivity index (χ4n) is 2.75. The largest absolute Gasteiger partial charge is 1.00 e. The minimum absolute atomic E-state index is 0. The van der Waals surface area contributed by atoms with Gasteiger partial charge in [-0.1, -0.05) is 65.2 Å². The van der Waals surface area contributed by atoms with Crippen molar-refractivity contribution >= 4 is 10.4 Å². The highest BCUT2D eigenvalue weighted by molar-refractivity contribution is 7.79. The SMILES string of the molecule is CCCCCCCCCC[N+](C)(C)CCCCCC.O=S(=O)([O-])[O-].[H+]. The van der Waals surface area contributed by atoms with Gasteiger partial charge in [0.15, 0.2) is 0 Å². The second-order valence-electron chi connectivity index (χ2n) is 7.33. The van der Waals surface area contributed by atoms with Crippen molar-refractivity contribution < 1.29 is 23.4 Å². The summed E-state index contributed by atoms with van der Waals surface area (Å²) in [5.41, 5.74) is 0. The fraction of sp³-hybridized carbons (Fsp3) is 1.00. The molecule has 0 amide bonds. The van der Waals surface area contributed by atoms with E-state index in [0.717, 1.165) is 0 Å². The van der Waals surface area contributed by atoms with Gasteiger partial charge in [-0.05, 0) is 25.7 Å². The van der Waals surface area contributed by atoms with Crippen LogP contribution < -0.4 is 0 Å². The zero-order valence-electron chi connectivity index (χ0n) is 17.4. The summed E-state index contributed by atoms with van der Waals surface area (Å²) in [6, 6.07) is 0. The van der Waals surface area contributed by atoms with Crippen LogP contribution in [-0.2, 0) is 10.4 Å². The van der Waals surface area contributed by atoms with Crippen molar-refractivity contribution in [3.8, 4) is 0 Å². The first-order valence-electron chi connectivity index (χ1n) is 9.61. The van der Waals surface area contributed by atoms with Gasteiger partial charge in [0.25, 0.3) is 0 Å². The van der Waals surface area contributed by atoms with E-state index < -0.39 is 10.4 Å². The van der Waals surface area contributed by atoms with Crippen LogP contribution in [0.15, 0.2) is 0 Å². The molecule has 0 saturated heterocycles. The zero-order chi connectivity index (χ0) is 18.9. The van der Waals surface area contributed by atoms with E-state index in [9.17, 15) is 0 Å². The molecule has 0 rings (SSSR count). The highest BCUT2D eigenvalue weighted by Crippen LogP contribution is 2.11. The van der Waals surface area contributed by atoms with Crippen LogP contribution in [0.5, 0.6) is 0 Å². The number of nitrogens with zero attached hydrogens (tertiary/aromatic N) is 1. The normalized spacial score (nSPS) is 11.9. The molecule has 0 radical (unpaired) electrons. The maximum Gasteiger partial charge on any atom is 1.00 e. The average Bonchev–Trinajstić information content (AvgIpc) is 2.45. The molecule has 148 valence electrons. The molecule has 0 fully saturated rings. The zero-order valence-corrected chi connectivity index (χ0v) is 17.2. The van der Waals surface area contributed by atoms with E-state index in [2.05, 4.69) is 27.9 Å². The maximum atomic E-state index is 8.52. The molecule has 0 aliphatic rings. The minimum atomic E-state index is -5.17. The summed E-state index contributed by atoms with van der Waals surface area (Å²) in [6.07, 6.45) is 17.1. The van der Waals surface area contributed by atoms with E-state index in [4.69, 9.17) is 17.5 Å². The molecule has 0 aromatic heterocycles. The lowest BCUT2D eigenvalue weighted by Gasteiger charge is -2.30. The van der Waals surface area contributed by atoms with Gasteiger partial charge in [0.05, 0.1) is 27.2 Å². The van der Waals surface area contributed by atoms with E-state index in [0.29, 0.717) is 0 Å². The Morgan fingerprint density at radius 3 is 1.25 bits per heavy atom. The summed E-state index contributed by atoms with van der Waals surface area (Å²) in [5.74, 6) is 0. The molecule has 0 heterocycles. The Balaban J connectivity index is -0.000000704. The number of rotatable bonds is 14. The number of hydrogen-bond acceptors (Lipinski definition) is 4. The third-order valence-electron chi connectivity index (χ3n) is 4.23. The van der Waals surface area contributed by atoms with Crippen molar-refractivity contribution in [3.05, 3.63) is 0 Å². The molecule has 0 saturated carbocycles. The molecule has 0 unspecified atom stereocenters. The van der Waals surface area contributed by atoms with Gasteiger partial charge in [-0.2, -0.15) is 0 Å². The second-order valence-corrected chi connectivity index (χ2v) is 8.14. The summed E-state index contributed by atoms with van der Waals surface area (Å²) in [5, 5.41) is 0. The van der Waals surface area contributed by atoms with Crippen molar-refractivity contribution in [3.63, 3.8) is 0 Å². The minimum Gasteiger partial charge on any atom is -0.759 e. The first kappa shape index (κ1) is 26.1. The third kappa shape index (κ3) is 29.8. The van der Waals surface area contributed by atoms with Gasteiger partial charge >= 0.3 is 1.43 Å². The molecule has 0 bridgehead atoms. The van der Waals surface area contributed by atoms with E-state index in [1.165, 1.54) is 94.6 Å². The third-order valence-corrected chi connectivity index (χ3v) is 4.23. The summed E-state index contributed by atoms with van der Waals surface area (Å²) in [7, 11) is -0.347. The van der Waals surface area contributed by atoms with Crippen LogP contribution in [-0.4, -0.2) is 49.2 Å². The molecule has 0 aliphatic heterocycles. The molecular weight excluding hydrogens is 326 g/mol. The van der Waals surface area contributed by atoms with E-state index >= 15 is 0 Å². The van der Waals surface area contributed by atoms with E-state index in [1.807, 2.05) is 0 Å². The highest BCUT2D eigenvalue weighted by atomic mass is 32.3. The smallest absolute Gasteiger partial charge is 0.759 e. The standard InChI is InChI=1S/C18H40N.H2O4S/c1-5-7-9-11-12-13-14-16-18-19(3,4)17-15-10-8-6-2;1-5(2,3)4/h5-18H2,1-4H3;(H2,1,2,3,4)/q+1;/p-1. The van der Waals surface area contributed by atoms with Gasteiger partial charge in [0.1, 0.15) is 0 Å². The van der Waals surface area contributed by atoms with Crippen molar-refractivity contribution in [2.45, 2.75) is 90.9 Å². The van der Waals surface area contributed by atoms with E-state index in [-0.39, 0.29) is 1.43 Å². The Morgan fingerprint density at radius 1 is 0.667 bits per heavy atom. The molecule has 0 aromatic carbocycles. The monoisotopic (exact) mass is 367 g/mol. The summed E-state index contributed by atoms with van der Waals surface area (Å²) < 4.78 is 35.3. The Hall–Kier alpha value is -0.170. The molecule has 0 atom stereocenters. The van der Waals surface area contributed by atoms with Gasteiger partial charge in [-0.3, -0.25) is 8.42 Å². The van der Waals surface area contributed by atoms with Crippen LogP contribution in [0.1, 0.15) is 92.3 Å². The molecule has 0 spiro atoms. The lowest BCUT2D eigenvalue weighted by molar-refractivity contribution is -0.890. The Labute approximate surface area is 152 Å². The maximum absolute atomic E-state index is 8.52. The molecular formula is C18H41NO4S. The molecule has 0 aliphatic carbocycles. The molecule has 0 N–H and O–H groups in total. The topological polar surface area (TPSA) is 80.3 Å². The van der Waals surface area contributed by atoms with Crippen LogP contribution in [0, 0.1) is 0 Å². The predicted octanol–water partition coefficient (Wildman–Crippen LogP) is 4.56.